The molecule has 0 radical (unpaired) electrons. The molecule has 3 heterocycles. The molecule has 30 heavy (non-hydrogen) atoms. The largest absolute Gasteiger partial charge is 0.376 e. The minimum Gasteiger partial charge on any atom is -0.376 e. The highest BCUT2D eigenvalue weighted by molar-refractivity contribution is 7.99. The lowest BCUT2D eigenvalue weighted by Gasteiger charge is -2.14. The van der Waals surface area contributed by atoms with Gasteiger partial charge in [0.15, 0.2) is 5.78 Å². The minimum absolute atomic E-state index is 0.0846. The molecular weight excluding hydrogens is 398 g/mol. The van der Waals surface area contributed by atoms with E-state index in [9.17, 15) is 4.79 Å². The van der Waals surface area contributed by atoms with Gasteiger partial charge in [-0.15, -0.1) is 5.10 Å². The summed E-state index contributed by atoms with van der Waals surface area (Å²) in [7, 11) is 0. The maximum atomic E-state index is 13.0. The van der Waals surface area contributed by atoms with Crippen LogP contribution in [0, 0.1) is 27.7 Å². The van der Waals surface area contributed by atoms with Gasteiger partial charge in [0.25, 0.3) is 0 Å². The highest BCUT2D eigenvalue weighted by atomic mass is 32.2. The van der Waals surface area contributed by atoms with Gasteiger partial charge in [0.05, 0.1) is 17.5 Å². The van der Waals surface area contributed by atoms with Crippen LogP contribution in [0.25, 0.3) is 5.69 Å². The number of nitrogens with zero attached hydrogens (tertiary/aromatic N) is 5. The van der Waals surface area contributed by atoms with Gasteiger partial charge >= 0.3 is 0 Å². The van der Waals surface area contributed by atoms with Crippen molar-refractivity contribution in [2.45, 2.75) is 58.3 Å². The quantitative estimate of drug-likeness (QED) is 0.423. The molecule has 0 spiro atoms. The molecule has 1 unspecified atom stereocenters. The highest BCUT2D eigenvalue weighted by Gasteiger charge is 2.22. The van der Waals surface area contributed by atoms with Crippen molar-refractivity contribution >= 4 is 17.5 Å². The third-order valence-electron chi connectivity index (χ3n) is 5.79. The van der Waals surface area contributed by atoms with E-state index in [1.54, 1.807) is 4.68 Å². The fourth-order valence-electron chi connectivity index (χ4n) is 3.85. The Bertz CT molecular complexity index is 1070. The van der Waals surface area contributed by atoms with Crippen LogP contribution in [0.2, 0.25) is 0 Å². The Morgan fingerprint density at radius 2 is 2.03 bits per heavy atom. The van der Waals surface area contributed by atoms with E-state index in [1.807, 2.05) is 26.0 Å². The molecule has 2 aromatic heterocycles. The number of ketones is 1. The number of ether oxygens (including phenoxy) is 1. The molecule has 0 saturated carbocycles. The van der Waals surface area contributed by atoms with Crippen LogP contribution in [0.4, 0.5) is 0 Å². The average Bonchev–Trinajstić information content (AvgIpc) is 3.46. The summed E-state index contributed by atoms with van der Waals surface area (Å²) in [6, 6.07) is 8.08. The number of carbonyl (C=O) groups excluding carboxylic acids is 1. The van der Waals surface area contributed by atoms with Gasteiger partial charge in [0.2, 0.25) is 5.16 Å². The molecule has 0 amide bonds. The van der Waals surface area contributed by atoms with Gasteiger partial charge < -0.3 is 9.30 Å². The summed E-state index contributed by atoms with van der Waals surface area (Å²) in [5.74, 6) is 0.372. The predicted molar refractivity (Wildman–Crippen MR) is 117 cm³/mol. The number of tetrazole rings is 1. The SMILES string of the molecule is Cc1ccc(-n2nnnc2SCC(=O)c2cc(C)n(CC3CCCO3)c2C)cc1C. The lowest BCUT2D eigenvalue weighted by atomic mass is 10.1. The Labute approximate surface area is 180 Å². The lowest BCUT2D eigenvalue weighted by Crippen LogP contribution is -2.17. The topological polar surface area (TPSA) is 74.8 Å². The van der Waals surface area contributed by atoms with Crippen LogP contribution < -0.4 is 0 Å². The van der Waals surface area contributed by atoms with E-state index in [0.29, 0.717) is 5.16 Å². The zero-order valence-electron chi connectivity index (χ0n) is 17.9. The number of Topliss-reactive ketones (excluding diaryl/α,β-unsaturated/α-hetero) is 1. The molecule has 1 aliphatic rings. The summed E-state index contributed by atoms with van der Waals surface area (Å²) >= 11 is 1.36. The molecular formula is C22H27N5O2S. The van der Waals surface area contributed by atoms with Crippen molar-refractivity contribution in [2.75, 3.05) is 12.4 Å². The first-order valence-corrected chi connectivity index (χ1v) is 11.2. The normalized spacial score (nSPS) is 16.3. The predicted octanol–water partition coefficient (Wildman–Crippen LogP) is 3.85. The number of thioether (sulfide) groups is 1. The summed E-state index contributed by atoms with van der Waals surface area (Å²) in [4.78, 5) is 13.0. The van der Waals surface area contributed by atoms with Crippen molar-refractivity contribution < 1.29 is 9.53 Å². The van der Waals surface area contributed by atoms with E-state index in [1.165, 1.54) is 22.9 Å². The second kappa shape index (κ2) is 8.73. The maximum Gasteiger partial charge on any atom is 0.214 e. The first-order valence-electron chi connectivity index (χ1n) is 10.2. The molecule has 1 atom stereocenters. The molecule has 0 N–H and O–H groups in total. The Balaban J connectivity index is 1.47. The molecule has 1 aliphatic heterocycles. The van der Waals surface area contributed by atoms with Crippen LogP contribution in [-0.2, 0) is 11.3 Å². The Morgan fingerprint density at radius 1 is 1.20 bits per heavy atom. The molecule has 8 heteroatoms. The number of hydrogen-bond donors (Lipinski definition) is 0. The van der Waals surface area contributed by atoms with Crippen LogP contribution in [0.1, 0.15) is 45.7 Å². The standard InChI is InChI=1S/C22H27N5O2S/c1-14-7-8-18(10-15(14)2)27-22(23-24-25-27)30-13-21(28)20-11-16(3)26(17(20)4)12-19-6-5-9-29-19/h7-8,10-11,19H,5-6,9,12-13H2,1-4H3. The second-order valence-electron chi connectivity index (χ2n) is 7.88. The highest BCUT2D eigenvalue weighted by Crippen LogP contribution is 2.24. The molecule has 1 saturated heterocycles. The molecule has 0 bridgehead atoms. The third kappa shape index (κ3) is 4.20. The summed E-state index contributed by atoms with van der Waals surface area (Å²) < 4.78 is 9.66. The summed E-state index contributed by atoms with van der Waals surface area (Å²) in [5.41, 5.74) is 6.15. The number of aromatic nitrogens is 5. The van der Waals surface area contributed by atoms with Gasteiger partial charge in [0, 0.05) is 30.1 Å². The summed E-state index contributed by atoms with van der Waals surface area (Å²) in [6.45, 7) is 9.84. The van der Waals surface area contributed by atoms with Gasteiger partial charge in [-0.3, -0.25) is 4.79 Å². The summed E-state index contributed by atoms with van der Waals surface area (Å²) in [6.07, 6.45) is 2.44. The van der Waals surface area contributed by atoms with E-state index in [2.05, 4.69) is 46.1 Å². The molecule has 3 aromatic rings. The van der Waals surface area contributed by atoms with E-state index in [-0.39, 0.29) is 17.6 Å². The monoisotopic (exact) mass is 425 g/mol. The van der Waals surface area contributed by atoms with Crippen LogP contribution in [0.3, 0.4) is 0 Å². The minimum atomic E-state index is 0.0846. The fraction of sp³-hybridized carbons (Fsp3) is 0.455. The molecule has 158 valence electrons. The Hall–Kier alpha value is -2.45. The van der Waals surface area contributed by atoms with Crippen LogP contribution in [0.5, 0.6) is 0 Å². The van der Waals surface area contributed by atoms with Gasteiger partial charge in [0.1, 0.15) is 0 Å². The maximum absolute atomic E-state index is 13.0. The van der Waals surface area contributed by atoms with E-state index in [4.69, 9.17) is 4.74 Å². The zero-order chi connectivity index (χ0) is 21.3. The molecule has 1 aromatic carbocycles. The molecule has 7 nitrogen and oxygen atoms in total. The van der Waals surface area contributed by atoms with Crippen LogP contribution >= 0.6 is 11.8 Å². The zero-order valence-corrected chi connectivity index (χ0v) is 18.7. The van der Waals surface area contributed by atoms with Crippen LogP contribution in [-0.4, -0.2) is 49.0 Å². The Kier molecular flexibility index (Phi) is 6.06. The van der Waals surface area contributed by atoms with Gasteiger partial charge in [-0.05, 0) is 80.3 Å². The molecule has 1 fully saturated rings. The van der Waals surface area contributed by atoms with Crippen LogP contribution in [0.15, 0.2) is 29.4 Å². The Morgan fingerprint density at radius 3 is 2.77 bits per heavy atom. The van der Waals surface area contributed by atoms with Crippen molar-refractivity contribution in [2.24, 2.45) is 0 Å². The van der Waals surface area contributed by atoms with E-state index in [0.717, 1.165) is 48.6 Å². The second-order valence-corrected chi connectivity index (χ2v) is 8.83. The first-order chi connectivity index (χ1) is 14.4. The smallest absolute Gasteiger partial charge is 0.214 e. The molecule has 0 aliphatic carbocycles. The van der Waals surface area contributed by atoms with Crippen molar-refractivity contribution in [3.05, 3.63) is 52.3 Å². The fourth-order valence-corrected chi connectivity index (χ4v) is 4.63. The van der Waals surface area contributed by atoms with E-state index >= 15 is 0 Å². The first kappa shape index (κ1) is 20.8. The lowest BCUT2D eigenvalue weighted by molar-refractivity contribution is 0.0957. The van der Waals surface area contributed by atoms with Gasteiger partial charge in [-0.25, -0.2) is 0 Å². The van der Waals surface area contributed by atoms with Crippen molar-refractivity contribution in [1.29, 1.82) is 0 Å². The van der Waals surface area contributed by atoms with Gasteiger partial charge in [-0.1, -0.05) is 17.8 Å². The summed E-state index contributed by atoms with van der Waals surface area (Å²) in [5, 5.41) is 12.6. The van der Waals surface area contributed by atoms with Crippen molar-refractivity contribution in [1.82, 2.24) is 24.8 Å². The number of carbonyl (C=O) groups is 1. The average molecular weight is 426 g/mol. The number of benzene rings is 1. The number of rotatable bonds is 7. The number of hydrogen-bond acceptors (Lipinski definition) is 6. The van der Waals surface area contributed by atoms with Crippen molar-refractivity contribution in [3.63, 3.8) is 0 Å². The van der Waals surface area contributed by atoms with Gasteiger partial charge in [-0.2, -0.15) is 4.68 Å². The number of aryl methyl sites for hydroxylation is 3. The van der Waals surface area contributed by atoms with Crippen molar-refractivity contribution in [3.8, 4) is 5.69 Å². The van der Waals surface area contributed by atoms with E-state index < -0.39 is 0 Å². The third-order valence-corrected chi connectivity index (χ3v) is 6.71. The molecule has 4 rings (SSSR count).